The molecule has 0 aliphatic carbocycles. The lowest BCUT2D eigenvalue weighted by Gasteiger charge is -2.14. The molecule has 4 nitrogen and oxygen atoms in total. The molecule has 0 aliphatic rings. The van der Waals surface area contributed by atoms with Gasteiger partial charge in [-0.05, 0) is 53.6 Å². The van der Waals surface area contributed by atoms with Gasteiger partial charge in [-0.2, -0.15) is 0 Å². The highest BCUT2D eigenvalue weighted by Gasteiger charge is 2.16. The van der Waals surface area contributed by atoms with E-state index in [2.05, 4.69) is 15.0 Å². The number of nitrogens with zero attached hydrogens (tertiary/aromatic N) is 3. The molecule has 0 fully saturated rings. The molecule has 0 unspecified atom stereocenters. The fraction of sp³-hybridized carbons (Fsp3) is 0. The maximum Gasteiger partial charge on any atom is 0.115 e. The Labute approximate surface area is 145 Å². The Morgan fingerprint density at radius 3 is 1.92 bits per heavy atom. The highest BCUT2D eigenvalue weighted by Crippen LogP contribution is 2.37. The van der Waals surface area contributed by atoms with E-state index in [0.29, 0.717) is 0 Å². The van der Waals surface area contributed by atoms with Gasteiger partial charge in [0.05, 0.1) is 17.1 Å². The zero-order chi connectivity index (χ0) is 17.1. The predicted molar refractivity (Wildman–Crippen MR) is 97.8 cm³/mol. The van der Waals surface area contributed by atoms with Crippen LogP contribution in [0.15, 0.2) is 85.3 Å². The van der Waals surface area contributed by atoms with Crippen molar-refractivity contribution in [3.05, 3.63) is 85.3 Å². The average Bonchev–Trinajstić information content (AvgIpc) is 2.69. The number of pyridine rings is 3. The van der Waals surface area contributed by atoms with E-state index in [9.17, 15) is 5.11 Å². The minimum atomic E-state index is 0.238. The van der Waals surface area contributed by atoms with Crippen molar-refractivity contribution < 1.29 is 5.11 Å². The molecule has 120 valence electrons. The summed E-state index contributed by atoms with van der Waals surface area (Å²) in [6.45, 7) is 0. The van der Waals surface area contributed by atoms with Gasteiger partial charge in [-0.25, -0.2) is 0 Å². The first-order valence-corrected chi connectivity index (χ1v) is 7.94. The lowest BCUT2D eigenvalue weighted by atomic mass is 9.95. The van der Waals surface area contributed by atoms with Gasteiger partial charge in [0.2, 0.25) is 0 Å². The Bertz CT molecular complexity index is 985. The summed E-state index contributed by atoms with van der Waals surface area (Å²) in [5.41, 5.74) is 5.31. The number of benzene rings is 1. The van der Waals surface area contributed by atoms with E-state index in [4.69, 9.17) is 0 Å². The molecule has 0 saturated carbocycles. The zero-order valence-electron chi connectivity index (χ0n) is 13.4. The Morgan fingerprint density at radius 1 is 0.600 bits per heavy atom. The summed E-state index contributed by atoms with van der Waals surface area (Å²) in [5.74, 6) is 0.238. The van der Waals surface area contributed by atoms with Gasteiger partial charge in [-0.1, -0.05) is 24.3 Å². The third-order valence-corrected chi connectivity index (χ3v) is 3.96. The van der Waals surface area contributed by atoms with Gasteiger partial charge < -0.3 is 5.11 Å². The number of rotatable bonds is 3. The van der Waals surface area contributed by atoms with E-state index in [-0.39, 0.29) is 5.75 Å². The van der Waals surface area contributed by atoms with Crippen molar-refractivity contribution in [3.63, 3.8) is 0 Å². The third-order valence-electron chi connectivity index (χ3n) is 3.96. The van der Waals surface area contributed by atoms with Crippen LogP contribution in [-0.4, -0.2) is 20.1 Å². The molecular weight excluding hydrogens is 310 g/mol. The van der Waals surface area contributed by atoms with Gasteiger partial charge in [-0.15, -0.1) is 0 Å². The third kappa shape index (κ3) is 2.97. The van der Waals surface area contributed by atoms with Crippen LogP contribution in [0, 0.1) is 0 Å². The monoisotopic (exact) mass is 325 g/mol. The van der Waals surface area contributed by atoms with E-state index in [1.165, 1.54) is 0 Å². The lowest BCUT2D eigenvalue weighted by Crippen LogP contribution is -1.96. The molecule has 25 heavy (non-hydrogen) atoms. The van der Waals surface area contributed by atoms with Crippen LogP contribution in [0.1, 0.15) is 0 Å². The van der Waals surface area contributed by atoms with Gasteiger partial charge in [0.1, 0.15) is 5.75 Å². The largest absolute Gasteiger partial charge is 0.508 e. The van der Waals surface area contributed by atoms with E-state index in [0.717, 1.165) is 33.8 Å². The van der Waals surface area contributed by atoms with Crippen LogP contribution in [0.4, 0.5) is 0 Å². The Hall–Kier alpha value is -3.53. The van der Waals surface area contributed by atoms with Crippen LogP contribution in [0.25, 0.3) is 33.8 Å². The summed E-state index contributed by atoms with van der Waals surface area (Å²) in [5, 5.41) is 9.59. The maximum atomic E-state index is 9.59. The van der Waals surface area contributed by atoms with Gasteiger partial charge >= 0.3 is 0 Å². The minimum absolute atomic E-state index is 0.238. The number of hydrogen-bond acceptors (Lipinski definition) is 4. The highest BCUT2D eigenvalue weighted by molar-refractivity contribution is 5.90. The van der Waals surface area contributed by atoms with Crippen LogP contribution < -0.4 is 0 Å². The molecule has 0 radical (unpaired) electrons. The van der Waals surface area contributed by atoms with Crippen LogP contribution in [0.3, 0.4) is 0 Å². The van der Waals surface area contributed by atoms with Crippen LogP contribution in [0.5, 0.6) is 5.75 Å². The molecule has 1 aromatic carbocycles. The number of hydrogen-bond donors (Lipinski definition) is 1. The molecule has 3 aromatic heterocycles. The molecule has 0 aliphatic heterocycles. The molecule has 4 rings (SSSR count). The zero-order valence-corrected chi connectivity index (χ0v) is 13.4. The van der Waals surface area contributed by atoms with Crippen molar-refractivity contribution in [2.24, 2.45) is 0 Å². The Kier molecular flexibility index (Phi) is 3.92. The van der Waals surface area contributed by atoms with Crippen LogP contribution in [-0.2, 0) is 0 Å². The minimum Gasteiger partial charge on any atom is -0.508 e. The van der Waals surface area contributed by atoms with Gasteiger partial charge in [0, 0.05) is 24.2 Å². The van der Waals surface area contributed by atoms with E-state index in [1.807, 2.05) is 54.6 Å². The standard InChI is InChI=1S/C21H15N3O/c25-16-9-7-15(8-10-16)17-11-14-24-21(19-6-2-4-13-23-19)20(17)18-5-1-3-12-22-18/h1-14,25H. The second-order valence-corrected chi connectivity index (χ2v) is 5.56. The lowest BCUT2D eigenvalue weighted by molar-refractivity contribution is 0.475. The average molecular weight is 325 g/mol. The molecular formula is C21H15N3O. The maximum absolute atomic E-state index is 9.59. The molecule has 1 N–H and O–H groups in total. The molecule has 4 heteroatoms. The van der Waals surface area contributed by atoms with Crippen molar-refractivity contribution in [2.45, 2.75) is 0 Å². The Balaban J connectivity index is 2.00. The molecule has 0 spiro atoms. The molecule has 4 aromatic rings. The number of phenols is 1. The summed E-state index contributed by atoms with van der Waals surface area (Å²) in [4.78, 5) is 13.6. The fourth-order valence-corrected chi connectivity index (χ4v) is 2.81. The number of phenolic OH excluding ortho intramolecular Hbond substituents is 1. The van der Waals surface area contributed by atoms with Gasteiger partial charge in [0.15, 0.2) is 0 Å². The SMILES string of the molecule is Oc1ccc(-c2ccnc(-c3ccccn3)c2-c2ccccn2)cc1. The second kappa shape index (κ2) is 6.53. The molecule has 0 bridgehead atoms. The first kappa shape index (κ1) is 15.0. The summed E-state index contributed by atoms with van der Waals surface area (Å²) in [6.07, 6.45) is 5.30. The topological polar surface area (TPSA) is 58.9 Å². The van der Waals surface area contributed by atoms with Crippen LogP contribution >= 0.6 is 0 Å². The summed E-state index contributed by atoms with van der Waals surface area (Å²) in [6, 6.07) is 20.7. The Morgan fingerprint density at radius 2 is 1.28 bits per heavy atom. The molecule has 3 heterocycles. The quantitative estimate of drug-likeness (QED) is 0.599. The van der Waals surface area contributed by atoms with E-state index in [1.54, 1.807) is 30.7 Å². The van der Waals surface area contributed by atoms with Crippen LogP contribution in [0.2, 0.25) is 0 Å². The van der Waals surface area contributed by atoms with Crippen molar-refractivity contribution in [2.75, 3.05) is 0 Å². The van der Waals surface area contributed by atoms with Crippen molar-refractivity contribution in [3.8, 4) is 39.5 Å². The molecule has 0 amide bonds. The van der Waals surface area contributed by atoms with Gasteiger partial charge in [0.25, 0.3) is 0 Å². The molecule has 0 saturated heterocycles. The summed E-state index contributed by atoms with van der Waals surface area (Å²) in [7, 11) is 0. The normalized spacial score (nSPS) is 10.6. The number of aromatic hydroxyl groups is 1. The van der Waals surface area contributed by atoms with Crippen molar-refractivity contribution in [1.29, 1.82) is 0 Å². The summed E-state index contributed by atoms with van der Waals surface area (Å²) < 4.78 is 0. The highest BCUT2D eigenvalue weighted by atomic mass is 16.3. The molecule has 0 atom stereocenters. The van der Waals surface area contributed by atoms with Gasteiger partial charge in [-0.3, -0.25) is 15.0 Å². The first-order valence-electron chi connectivity index (χ1n) is 7.94. The van der Waals surface area contributed by atoms with E-state index < -0.39 is 0 Å². The van der Waals surface area contributed by atoms with E-state index >= 15 is 0 Å². The fourth-order valence-electron chi connectivity index (χ4n) is 2.81. The summed E-state index contributed by atoms with van der Waals surface area (Å²) >= 11 is 0. The van der Waals surface area contributed by atoms with Crippen molar-refractivity contribution >= 4 is 0 Å². The smallest absolute Gasteiger partial charge is 0.115 e. The first-order chi connectivity index (χ1) is 12.3. The predicted octanol–water partition coefficient (Wildman–Crippen LogP) is 4.58. The second-order valence-electron chi connectivity index (χ2n) is 5.56. The van der Waals surface area contributed by atoms with Crippen molar-refractivity contribution in [1.82, 2.24) is 15.0 Å². The number of aromatic nitrogens is 3.